The average Bonchev–Trinajstić information content (AvgIpc) is 2.67. The van der Waals surface area contributed by atoms with Crippen LogP contribution in [0.15, 0.2) is 10.7 Å². The average molecular weight is 208 g/mol. The Morgan fingerprint density at radius 2 is 2.20 bits per heavy atom. The Morgan fingerprint density at radius 3 is 2.73 bits per heavy atom. The zero-order valence-electron chi connectivity index (χ0n) is 9.84. The van der Waals surface area contributed by atoms with E-state index in [2.05, 4.69) is 31.1 Å². The number of nitrogens with one attached hydrogen (secondary N) is 1. The molecule has 1 fully saturated rings. The monoisotopic (exact) mass is 208 g/mol. The van der Waals surface area contributed by atoms with E-state index in [1.165, 1.54) is 12.8 Å². The second-order valence-corrected chi connectivity index (χ2v) is 5.32. The molecule has 15 heavy (non-hydrogen) atoms. The first-order chi connectivity index (χ1) is 7.07. The molecule has 2 heterocycles. The number of hydrogen-bond acceptors (Lipinski definition) is 3. The molecule has 0 aromatic carbocycles. The second kappa shape index (κ2) is 3.97. The van der Waals surface area contributed by atoms with Gasteiger partial charge >= 0.3 is 0 Å². The molecular formula is C12H20N2O. The van der Waals surface area contributed by atoms with Gasteiger partial charge in [-0.25, -0.2) is 4.98 Å². The van der Waals surface area contributed by atoms with Gasteiger partial charge in [0.05, 0.1) is 11.7 Å². The molecule has 0 aliphatic carbocycles. The molecule has 0 saturated carbocycles. The van der Waals surface area contributed by atoms with Crippen LogP contribution in [0.4, 0.5) is 0 Å². The van der Waals surface area contributed by atoms with E-state index in [9.17, 15) is 0 Å². The molecule has 1 aromatic heterocycles. The van der Waals surface area contributed by atoms with Crippen LogP contribution >= 0.6 is 0 Å². The van der Waals surface area contributed by atoms with Crippen molar-refractivity contribution in [3.05, 3.63) is 17.8 Å². The van der Waals surface area contributed by atoms with Gasteiger partial charge in [-0.1, -0.05) is 27.2 Å². The summed E-state index contributed by atoms with van der Waals surface area (Å²) in [5.41, 5.74) is 1.13. The van der Waals surface area contributed by atoms with Crippen molar-refractivity contribution >= 4 is 0 Å². The normalized spacial score (nSPS) is 23.0. The summed E-state index contributed by atoms with van der Waals surface area (Å²) in [6, 6.07) is 0.329. The highest BCUT2D eigenvalue weighted by molar-refractivity contribution is 5.10. The number of piperidine rings is 1. The lowest BCUT2D eigenvalue weighted by atomic mass is 9.93. The van der Waals surface area contributed by atoms with Gasteiger partial charge in [0, 0.05) is 5.41 Å². The van der Waals surface area contributed by atoms with Gasteiger partial charge in [0.2, 0.25) is 5.89 Å². The Labute approximate surface area is 91.3 Å². The molecule has 1 aliphatic heterocycles. The Morgan fingerprint density at radius 1 is 1.40 bits per heavy atom. The number of rotatable bonds is 1. The van der Waals surface area contributed by atoms with Crippen LogP contribution in [0.1, 0.15) is 57.7 Å². The van der Waals surface area contributed by atoms with Crippen LogP contribution in [0.25, 0.3) is 0 Å². The van der Waals surface area contributed by atoms with Crippen molar-refractivity contribution in [1.29, 1.82) is 0 Å². The minimum atomic E-state index is 0.0798. The standard InChI is InChI=1S/C12H20N2O/c1-12(2,3)10-8-15-11(14-10)9-6-4-5-7-13-9/h8-9,13H,4-7H2,1-3H3. The highest BCUT2D eigenvalue weighted by Gasteiger charge is 2.23. The maximum Gasteiger partial charge on any atom is 0.211 e. The van der Waals surface area contributed by atoms with Crippen molar-refractivity contribution in [2.45, 2.75) is 51.5 Å². The van der Waals surface area contributed by atoms with E-state index in [1.807, 2.05) is 0 Å². The molecule has 2 rings (SSSR count). The van der Waals surface area contributed by atoms with Gasteiger partial charge in [-0.2, -0.15) is 0 Å². The number of nitrogens with zero attached hydrogens (tertiary/aromatic N) is 1. The van der Waals surface area contributed by atoms with E-state index in [0.717, 1.165) is 24.6 Å². The summed E-state index contributed by atoms with van der Waals surface area (Å²) in [6.07, 6.45) is 5.48. The van der Waals surface area contributed by atoms with Crippen LogP contribution in [0.3, 0.4) is 0 Å². The lowest BCUT2D eigenvalue weighted by molar-refractivity contribution is 0.338. The van der Waals surface area contributed by atoms with E-state index in [1.54, 1.807) is 6.26 Å². The van der Waals surface area contributed by atoms with Crippen LogP contribution in [0, 0.1) is 0 Å². The van der Waals surface area contributed by atoms with E-state index in [4.69, 9.17) is 4.42 Å². The van der Waals surface area contributed by atoms with Crippen LogP contribution in [-0.2, 0) is 5.41 Å². The van der Waals surface area contributed by atoms with Gasteiger partial charge in [0.1, 0.15) is 6.26 Å². The predicted molar refractivity (Wildman–Crippen MR) is 59.8 cm³/mol. The summed E-state index contributed by atoms with van der Waals surface area (Å²) in [5, 5.41) is 3.44. The summed E-state index contributed by atoms with van der Waals surface area (Å²) in [5.74, 6) is 0.861. The molecular weight excluding hydrogens is 188 g/mol. The zero-order valence-corrected chi connectivity index (χ0v) is 9.84. The smallest absolute Gasteiger partial charge is 0.211 e. The third kappa shape index (κ3) is 2.40. The summed E-state index contributed by atoms with van der Waals surface area (Å²) >= 11 is 0. The maximum atomic E-state index is 5.56. The van der Waals surface area contributed by atoms with Gasteiger partial charge in [-0.15, -0.1) is 0 Å². The predicted octanol–water partition coefficient (Wildman–Crippen LogP) is 2.79. The van der Waals surface area contributed by atoms with E-state index in [0.29, 0.717) is 6.04 Å². The van der Waals surface area contributed by atoms with E-state index < -0.39 is 0 Å². The van der Waals surface area contributed by atoms with Crippen molar-refractivity contribution in [2.75, 3.05) is 6.54 Å². The molecule has 3 nitrogen and oxygen atoms in total. The number of hydrogen-bond donors (Lipinski definition) is 1. The van der Waals surface area contributed by atoms with Crippen LogP contribution in [0.5, 0.6) is 0 Å². The van der Waals surface area contributed by atoms with Gasteiger partial charge in [0.25, 0.3) is 0 Å². The Bertz CT molecular complexity index is 319. The highest BCUT2D eigenvalue weighted by atomic mass is 16.3. The summed E-state index contributed by atoms with van der Waals surface area (Å²) in [7, 11) is 0. The summed E-state index contributed by atoms with van der Waals surface area (Å²) in [4.78, 5) is 4.58. The SMILES string of the molecule is CC(C)(C)c1coc(C2CCCCN2)n1. The first kappa shape index (κ1) is 10.7. The van der Waals surface area contributed by atoms with E-state index in [-0.39, 0.29) is 5.41 Å². The molecule has 84 valence electrons. The van der Waals surface area contributed by atoms with Crippen LogP contribution in [-0.4, -0.2) is 11.5 Å². The summed E-state index contributed by atoms with van der Waals surface area (Å²) < 4.78 is 5.56. The Balaban J connectivity index is 2.12. The molecule has 0 bridgehead atoms. The third-order valence-corrected chi connectivity index (χ3v) is 2.90. The maximum absolute atomic E-state index is 5.56. The molecule has 0 amide bonds. The summed E-state index contributed by atoms with van der Waals surface area (Å²) in [6.45, 7) is 7.55. The topological polar surface area (TPSA) is 38.1 Å². The number of aromatic nitrogens is 1. The Hall–Kier alpha value is -0.830. The fourth-order valence-electron chi connectivity index (χ4n) is 1.85. The first-order valence-electron chi connectivity index (χ1n) is 5.76. The second-order valence-electron chi connectivity index (χ2n) is 5.32. The molecule has 1 aliphatic rings. The van der Waals surface area contributed by atoms with Crippen molar-refractivity contribution < 1.29 is 4.42 Å². The minimum absolute atomic E-state index is 0.0798. The third-order valence-electron chi connectivity index (χ3n) is 2.90. The van der Waals surface area contributed by atoms with Crippen molar-refractivity contribution in [1.82, 2.24) is 10.3 Å². The molecule has 1 N–H and O–H groups in total. The molecule has 1 unspecified atom stereocenters. The quantitative estimate of drug-likeness (QED) is 0.771. The molecule has 1 saturated heterocycles. The highest BCUT2D eigenvalue weighted by Crippen LogP contribution is 2.26. The fourth-order valence-corrected chi connectivity index (χ4v) is 1.85. The van der Waals surface area contributed by atoms with E-state index >= 15 is 0 Å². The first-order valence-corrected chi connectivity index (χ1v) is 5.76. The number of oxazole rings is 1. The molecule has 0 spiro atoms. The van der Waals surface area contributed by atoms with Gasteiger partial charge in [0.15, 0.2) is 0 Å². The Kier molecular flexibility index (Phi) is 2.83. The fraction of sp³-hybridized carbons (Fsp3) is 0.750. The molecule has 1 atom stereocenters. The van der Waals surface area contributed by atoms with Gasteiger partial charge in [-0.05, 0) is 19.4 Å². The van der Waals surface area contributed by atoms with Crippen molar-refractivity contribution in [3.63, 3.8) is 0 Å². The molecule has 1 aromatic rings. The lowest BCUT2D eigenvalue weighted by Gasteiger charge is -2.20. The van der Waals surface area contributed by atoms with Gasteiger partial charge in [-0.3, -0.25) is 0 Å². The van der Waals surface area contributed by atoms with Crippen molar-refractivity contribution in [2.24, 2.45) is 0 Å². The minimum Gasteiger partial charge on any atom is -0.447 e. The molecule has 3 heteroatoms. The molecule has 0 radical (unpaired) electrons. The van der Waals surface area contributed by atoms with Gasteiger partial charge < -0.3 is 9.73 Å². The van der Waals surface area contributed by atoms with Crippen LogP contribution < -0.4 is 5.32 Å². The lowest BCUT2D eigenvalue weighted by Crippen LogP contribution is -2.27. The largest absolute Gasteiger partial charge is 0.447 e. The van der Waals surface area contributed by atoms with Crippen LogP contribution in [0.2, 0.25) is 0 Å². The zero-order chi connectivity index (χ0) is 10.9. The van der Waals surface area contributed by atoms with Crippen molar-refractivity contribution in [3.8, 4) is 0 Å².